The Balaban J connectivity index is 4.74. The second-order valence-electron chi connectivity index (χ2n) is 4.84. The molecule has 1 atom stereocenters. The number of hydrogen-bond acceptors (Lipinski definition) is 0. The van der Waals surface area contributed by atoms with Crippen LogP contribution in [0.2, 0.25) is 0 Å². The molecule has 0 aliphatic carbocycles. The summed E-state index contributed by atoms with van der Waals surface area (Å²) in [7, 11) is 2.37. The van der Waals surface area contributed by atoms with E-state index < -0.39 is 0 Å². The van der Waals surface area contributed by atoms with Crippen LogP contribution in [0.25, 0.3) is 0 Å². The van der Waals surface area contributed by atoms with E-state index in [2.05, 4.69) is 48.6 Å². The smallest absolute Gasteiger partial charge is 0.0932 e. The molecule has 0 fully saturated rings. The van der Waals surface area contributed by atoms with Crippen LogP contribution in [0.1, 0.15) is 48.0 Å². The number of nitrogens with zero attached hydrogens (tertiary/aromatic N) is 1. The summed E-state index contributed by atoms with van der Waals surface area (Å²) < 4.78 is 1.17. The van der Waals surface area contributed by atoms with Crippen LogP contribution in [0, 0.1) is 0 Å². The summed E-state index contributed by atoms with van der Waals surface area (Å²) in [6, 6.07) is 0.713. The first-order valence-electron chi connectivity index (χ1n) is 5.17. The van der Waals surface area contributed by atoms with Gasteiger partial charge in [-0.25, -0.2) is 0 Å². The van der Waals surface area contributed by atoms with Crippen molar-refractivity contribution < 1.29 is 4.48 Å². The Hall–Kier alpha value is -0.0400. The SMILES string of the molecule is CCC(C)(C)[N+](C)(CC)C(C)C. The molecule has 0 rings (SSSR count). The van der Waals surface area contributed by atoms with E-state index in [0.29, 0.717) is 11.6 Å². The quantitative estimate of drug-likeness (QED) is 0.572. The van der Waals surface area contributed by atoms with Gasteiger partial charge in [-0.15, -0.1) is 0 Å². The van der Waals surface area contributed by atoms with Crippen LogP contribution in [0.3, 0.4) is 0 Å². The van der Waals surface area contributed by atoms with Crippen LogP contribution in [0.5, 0.6) is 0 Å². The van der Waals surface area contributed by atoms with E-state index >= 15 is 0 Å². The zero-order chi connectivity index (χ0) is 9.99. The van der Waals surface area contributed by atoms with E-state index in [1.54, 1.807) is 0 Å². The molecule has 0 spiro atoms. The molecule has 74 valence electrons. The van der Waals surface area contributed by atoms with E-state index in [-0.39, 0.29) is 0 Å². The van der Waals surface area contributed by atoms with E-state index in [1.165, 1.54) is 17.4 Å². The lowest BCUT2D eigenvalue weighted by Gasteiger charge is -2.50. The van der Waals surface area contributed by atoms with E-state index in [9.17, 15) is 0 Å². The third-order valence-electron chi connectivity index (χ3n) is 4.04. The van der Waals surface area contributed by atoms with Gasteiger partial charge in [0.1, 0.15) is 0 Å². The molecule has 1 unspecified atom stereocenters. The largest absolute Gasteiger partial charge is 0.320 e. The topological polar surface area (TPSA) is 0 Å². The Kier molecular flexibility index (Phi) is 3.77. The highest BCUT2D eigenvalue weighted by Gasteiger charge is 2.39. The Morgan fingerprint density at radius 1 is 1.17 bits per heavy atom. The molecule has 0 heterocycles. The molecule has 0 radical (unpaired) electrons. The summed E-state index contributed by atoms with van der Waals surface area (Å²) in [5.41, 5.74) is 0.406. The minimum absolute atomic E-state index is 0.406. The van der Waals surface area contributed by atoms with Gasteiger partial charge in [-0.1, -0.05) is 6.92 Å². The zero-order valence-electron chi connectivity index (χ0n) is 9.94. The Bertz CT molecular complexity index is 138. The summed E-state index contributed by atoms with van der Waals surface area (Å²) in [6.45, 7) is 15.2. The highest BCUT2D eigenvalue weighted by atomic mass is 15.4. The lowest BCUT2D eigenvalue weighted by molar-refractivity contribution is -0.972. The fourth-order valence-electron chi connectivity index (χ4n) is 1.85. The summed E-state index contributed by atoms with van der Waals surface area (Å²) in [4.78, 5) is 0. The van der Waals surface area contributed by atoms with Gasteiger partial charge in [0.25, 0.3) is 0 Å². The van der Waals surface area contributed by atoms with Crippen LogP contribution < -0.4 is 0 Å². The molecule has 12 heavy (non-hydrogen) atoms. The van der Waals surface area contributed by atoms with Gasteiger partial charge in [0.2, 0.25) is 0 Å². The van der Waals surface area contributed by atoms with Gasteiger partial charge in [-0.2, -0.15) is 0 Å². The highest BCUT2D eigenvalue weighted by Crippen LogP contribution is 2.28. The maximum atomic E-state index is 2.37. The van der Waals surface area contributed by atoms with Crippen LogP contribution in [0.4, 0.5) is 0 Å². The van der Waals surface area contributed by atoms with Gasteiger partial charge in [0.15, 0.2) is 0 Å². The van der Waals surface area contributed by atoms with Gasteiger partial charge in [-0.3, -0.25) is 0 Å². The first-order valence-corrected chi connectivity index (χ1v) is 5.17. The van der Waals surface area contributed by atoms with E-state index in [1.807, 2.05) is 0 Å². The maximum absolute atomic E-state index is 2.37. The molecule has 0 saturated heterocycles. The molecule has 0 aromatic heterocycles. The molecular formula is C11H26N+. The molecule has 0 saturated carbocycles. The van der Waals surface area contributed by atoms with Crippen molar-refractivity contribution in [3.8, 4) is 0 Å². The van der Waals surface area contributed by atoms with Crippen LogP contribution in [0.15, 0.2) is 0 Å². The highest BCUT2D eigenvalue weighted by molar-refractivity contribution is 4.68. The maximum Gasteiger partial charge on any atom is 0.0932 e. The predicted molar refractivity (Wildman–Crippen MR) is 56.2 cm³/mol. The average molecular weight is 172 g/mol. The average Bonchev–Trinajstić information content (AvgIpc) is 2.02. The molecule has 0 amide bonds. The van der Waals surface area contributed by atoms with Gasteiger partial charge in [0, 0.05) is 0 Å². The third-order valence-corrected chi connectivity index (χ3v) is 4.04. The van der Waals surface area contributed by atoms with Crippen LogP contribution >= 0.6 is 0 Å². The predicted octanol–water partition coefficient (Wildman–Crippen LogP) is 3.05. The Morgan fingerprint density at radius 2 is 1.58 bits per heavy atom. The standard InChI is InChI=1S/C11H26N/c1-8-11(5,6)12(7,9-2)10(3)4/h10H,8-9H2,1-7H3/q+1. The van der Waals surface area contributed by atoms with Crippen LogP contribution in [-0.4, -0.2) is 29.7 Å². The second-order valence-corrected chi connectivity index (χ2v) is 4.84. The van der Waals surface area contributed by atoms with Crippen molar-refractivity contribution in [2.45, 2.75) is 59.5 Å². The van der Waals surface area contributed by atoms with Crippen molar-refractivity contribution in [2.24, 2.45) is 0 Å². The van der Waals surface area contributed by atoms with Gasteiger partial charge >= 0.3 is 0 Å². The number of hydrogen-bond donors (Lipinski definition) is 0. The minimum Gasteiger partial charge on any atom is -0.320 e. The second kappa shape index (κ2) is 3.78. The molecule has 0 bridgehead atoms. The van der Waals surface area contributed by atoms with Crippen molar-refractivity contribution in [3.05, 3.63) is 0 Å². The Labute approximate surface area is 78.4 Å². The van der Waals surface area contributed by atoms with Crippen molar-refractivity contribution in [1.29, 1.82) is 0 Å². The summed E-state index contributed by atoms with van der Waals surface area (Å²) in [5.74, 6) is 0. The fourth-order valence-corrected chi connectivity index (χ4v) is 1.85. The van der Waals surface area contributed by atoms with Crippen molar-refractivity contribution >= 4 is 0 Å². The first kappa shape index (κ1) is 12.0. The number of rotatable bonds is 4. The molecule has 0 N–H and O–H groups in total. The third kappa shape index (κ3) is 1.82. The normalized spacial score (nSPS) is 18.0. The molecule has 0 aromatic rings. The van der Waals surface area contributed by atoms with Gasteiger partial charge in [0.05, 0.1) is 25.2 Å². The lowest BCUT2D eigenvalue weighted by Crippen LogP contribution is -2.62. The summed E-state index contributed by atoms with van der Waals surface area (Å²) >= 11 is 0. The molecule has 1 heteroatoms. The zero-order valence-corrected chi connectivity index (χ0v) is 9.94. The van der Waals surface area contributed by atoms with Crippen LogP contribution in [-0.2, 0) is 0 Å². The van der Waals surface area contributed by atoms with Crippen molar-refractivity contribution in [3.63, 3.8) is 0 Å². The molecule has 1 nitrogen and oxygen atoms in total. The molecular weight excluding hydrogens is 146 g/mol. The molecule has 0 aliphatic rings. The summed E-state index contributed by atoms with van der Waals surface area (Å²) in [5, 5.41) is 0. The molecule has 0 aliphatic heterocycles. The Morgan fingerprint density at radius 3 is 1.67 bits per heavy atom. The molecule has 0 aromatic carbocycles. The van der Waals surface area contributed by atoms with Gasteiger partial charge in [-0.05, 0) is 41.0 Å². The fraction of sp³-hybridized carbons (Fsp3) is 1.00. The minimum atomic E-state index is 0.406. The monoisotopic (exact) mass is 172 g/mol. The van der Waals surface area contributed by atoms with E-state index in [0.717, 1.165) is 0 Å². The van der Waals surface area contributed by atoms with Crippen molar-refractivity contribution in [2.75, 3.05) is 13.6 Å². The van der Waals surface area contributed by atoms with Gasteiger partial charge < -0.3 is 4.48 Å². The lowest BCUT2D eigenvalue weighted by atomic mass is 9.94. The number of quaternary nitrogens is 1. The first-order chi connectivity index (χ1) is 5.31. The summed E-state index contributed by atoms with van der Waals surface area (Å²) in [6.07, 6.45) is 1.25. The van der Waals surface area contributed by atoms with Crippen molar-refractivity contribution in [1.82, 2.24) is 0 Å². The van der Waals surface area contributed by atoms with E-state index in [4.69, 9.17) is 0 Å².